The van der Waals surface area contributed by atoms with E-state index in [1.165, 1.54) is 0 Å². The number of hydroxylamine groups is 3. The van der Waals surface area contributed by atoms with Crippen LogP contribution in [0.2, 0.25) is 0 Å². The van der Waals surface area contributed by atoms with Crippen LogP contribution in [-0.4, -0.2) is 49.9 Å². The first-order valence-corrected chi connectivity index (χ1v) is 7.92. The van der Waals surface area contributed by atoms with Crippen molar-refractivity contribution in [1.29, 1.82) is 0 Å². The third kappa shape index (κ3) is 4.92. The molecular weight excluding hydrogens is 266 g/mol. The Bertz CT molecular complexity index is 427. The quantitative estimate of drug-likeness (QED) is 0.420. The zero-order valence-electron chi connectivity index (χ0n) is 12.9. The second kappa shape index (κ2) is 8.27. The Kier molecular flexibility index (Phi) is 6.36. The van der Waals surface area contributed by atoms with Crippen molar-refractivity contribution in [2.75, 3.05) is 39.5 Å². The highest BCUT2D eigenvalue weighted by Gasteiger charge is 2.33. The van der Waals surface area contributed by atoms with E-state index in [1.54, 1.807) is 0 Å². The van der Waals surface area contributed by atoms with E-state index in [1.807, 2.05) is 30.3 Å². The number of morpholine rings is 1. The zero-order chi connectivity index (χ0) is 15.0. The van der Waals surface area contributed by atoms with Crippen LogP contribution in [-0.2, 0) is 9.57 Å². The van der Waals surface area contributed by atoms with Gasteiger partial charge in [-0.2, -0.15) is 4.65 Å². The summed E-state index contributed by atoms with van der Waals surface area (Å²) in [6, 6.07) is 9.50. The Hall–Kier alpha value is -1.23. The molecule has 4 nitrogen and oxygen atoms in total. The van der Waals surface area contributed by atoms with Gasteiger partial charge in [0.05, 0.1) is 19.6 Å². The number of Topliss-reactive ketones (excluding diaryl/α,β-unsaturated/α-hetero) is 1. The smallest absolute Gasteiger partial charge is 0.168 e. The van der Waals surface area contributed by atoms with Crippen LogP contribution in [0.4, 0.5) is 0 Å². The fourth-order valence-corrected chi connectivity index (χ4v) is 2.57. The lowest BCUT2D eigenvalue weighted by molar-refractivity contribution is -1.11. The van der Waals surface area contributed by atoms with Crippen molar-refractivity contribution in [3.63, 3.8) is 0 Å². The van der Waals surface area contributed by atoms with Crippen LogP contribution in [0.1, 0.15) is 36.5 Å². The van der Waals surface area contributed by atoms with Crippen LogP contribution in [0.3, 0.4) is 0 Å². The van der Waals surface area contributed by atoms with E-state index in [9.17, 15) is 4.79 Å². The van der Waals surface area contributed by atoms with E-state index in [0.717, 1.165) is 44.6 Å². The number of unbranched alkanes of at least 4 members (excludes halogenated alkanes) is 1. The topological polar surface area (TPSA) is 35.5 Å². The number of hydrogen-bond acceptors (Lipinski definition) is 3. The number of benzene rings is 1. The normalized spacial score (nSPS) is 17.6. The molecule has 116 valence electrons. The SMILES string of the molecule is CCCCO[N+]1(CCC(=O)c2ccccc2)CCOCC1. The van der Waals surface area contributed by atoms with Crippen molar-refractivity contribution in [2.24, 2.45) is 0 Å². The van der Waals surface area contributed by atoms with Gasteiger partial charge in [0.2, 0.25) is 0 Å². The summed E-state index contributed by atoms with van der Waals surface area (Å²) in [5.41, 5.74) is 0.789. The Balaban J connectivity index is 1.90. The first kappa shape index (κ1) is 16.1. The van der Waals surface area contributed by atoms with Gasteiger partial charge in [-0.1, -0.05) is 43.7 Å². The third-order valence-corrected chi connectivity index (χ3v) is 3.99. The van der Waals surface area contributed by atoms with Crippen LogP contribution < -0.4 is 0 Å². The summed E-state index contributed by atoms with van der Waals surface area (Å²) < 4.78 is 6.01. The third-order valence-electron chi connectivity index (χ3n) is 3.99. The summed E-state index contributed by atoms with van der Waals surface area (Å²) in [5.74, 6) is 0.193. The highest BCUT2D eigenvalue weighted by molar-refractivity contribution is 5.96. The molecule has 1 saturated heterocycles. The fraction of sp³-hybridized carbons (Fsp3) is 0.588. The van der Waals surface area contributed by atoms with Gasteiger partial charge in [0, 0.05) is 5.56 Å². The molecule has 2 rings (SSSR count). The first-order valence-electron chi connectivity index (χ1n) is 7.92. The van der Waals surface area contributed by atoms with Gasteiger partial charge in [-0.05, 0) is 6.42 Å². The van der Waals surface area contributed by atoms with E-state index >= 15 is 0 Å². The van der Waals surface area contributed by atoms with Crippen molar-refractivity contribution in [3.8, 4) is 0 Å². The lowest BCUT2D eigenvalue weighted by Gasteiger charge is -2.38. The molecule has 4 heteroatoms. The molecule has 0 spiro atoms. The molecule has 0 N–H and O–H groups in total. The number of hydrogen-bond donors (Lipinski definition) is 0. The predicted octanol–water partition coefficient (Wildman–Crippen LogP) is 2.84. The van der Waals surface area contributed by atoms with Gasteiger partial charge in [-0.15, -0.1) is 0 Å². The first-order chi connectivity index (χ1) is 10.3. The van der Waals surface area contributed by atoms with Crippen molar-refractivity contribution in [3.05, 3.63) is 35.9 Å². The van der Waals surface area contributed by atoms with Crippen LogP contribution in [0.25, 0.3) is 0 Å². The molecule has 1 heterocycles. The molecule has 1 aromatic rings. The molecule has 0 aromatic heterocycles. The molecule has 1 aliphatic heterocycles. The molecule has 0 bridgehead atoms. The van der Waals surface area contributed by atoms with E-state index < -0.39 is 0 Å². The Morgan fingerprint density at radius 2 is 1.95 bits per heavy atom. The van der Waals surface area contributed by atoms with Crippen molar-refractivity contribution < 1.29 is 19.0 Å². The van der Waals surface area contributed by atoms with Crippen molar-refractivity contribution >= 4 is 5.78 Å². The van der Waals surface area contributed by atoms with Gasteiger partial charge in [0.25, 0.3) is 0 Å². The van der Waals surface area contributed by atoms with Crippen LogP contribution in [0.15, 0.2) is 30.3 Å². The Morgan fingerprint density at radius 3 is 2.62 bits per heavy atom. The summed E-state index contributed by atoms with van der Waals surface area (Å²) in [6.07, 6.45) is 2.71. The van der Waals surface area contributed by atoms with Gasteiger partial charge >= 0.3 is 0 Å². The predicted molar refractivity (Wildman–Crippen MR) is 81.9 cm³/mol. The molecule has 0 aliphatic carbocycles. The number of carbonyl (C=O) groups excluding carboxylic acids is 1. The number of quaternary nitrogens is 1. The van der Waals surface area contributed by atoms with Crippen LogP contribution in [0, 0.1) is 0 Å². The molecular formula is C17H26NO3+. The van der Waals surface area contributed by atoms with Crippen LogP contribution >= 0.6 is 0 Å². The highest BCUT2D eigenvalue weighted by atomic mass is 16.7. The molecule has 1 aliphatic rings. The maximum atomic E-state index is 12.3. The Labute approximate surface area is 127 Å². The standard InChI is InChI=1S/C17H26NO3/c1-2-3-13-21-18(11-14-20-15-12-18)10-9-17(19)16-7-5-4-6-8-16/h4-8H,2-3,9-15H2,1H3/q+1. The molecule has 1 fully saturated rings. The minimum absolute atomic E-state index is 0.193. The van der Waals surface area contributed by atoms with Gasteiger partial charge in [0.15, 0.2) is 5.78 Å². The summed E-state index contributed by atoms with van der Waals surface area (Å²) in [6.45, 7) is 6.76. The minimum atomic E-state index is 0.193. The van der Waals surface area contributed by atoms with E-state index in [4.69, 9.17) is 9.57 Å². The lowest BCUT2D eigenvalue weighted by atomic mass is 10.1. The maximum Gasteiger partial charge on any atom is 0.168 e. The summed E-state index contributed by atoms with van der Waals surface area (Å²) in [5, 5.41) is 0. The average molecular weight is 292 g/mol. The monoisotopic (exact) mass is 292 g/mol. The number of ketones is 1. The Morgan fingerprint density at radius 1 is 1.24 bits per heavy atom. The van der Waals surface area contributed by atoms with E-state index in [0.29, 0.717) is 24.3 Å². The summed E-state index contributed by atoms with van der Waals surface area (Å²) >= 11 is 0. The largest absolute Gasteiger partial charge is 0.370 e. The lowest BCUT2D eigenvalue weighted by Crippen LogP contribution is -2.55. The van der Waals surface area contributed by atoms with Gasteiger partial charge in [0.1, 0.15) is 26.2 Å². The molecule has 0 saturated carbocycles. The summed E-state index contributed by atoms with van der Waals surface area (Å²) in [7, 11) is 0. The molecule has 21 heavy (non-hydrogen) atoms. The molecule has 0 atom stereocenters. The number of ether oxygens (including phenoxy) is 1. The zero-order valence-corrected chi connectivity index (χ0v) is 12.9. The van der Waals surface area contributed by atoms with Crippen LogP contribution in [0.5, 0.6) is 0 Å². The number of nitrogens with zero attached hydrogens (tertiary/aromatic N) is 1. The highest BCUT2D eigenvalue weighted by Crippen LogP contribution is 2.16. The van der Waals surface area contributed by atoms with Gasteiger partial charge in [-0.25, -0.2) is 4.84 Å². The average Bonchev–Trinajstić information content (AvgIpc) is 2.55. The molecule has 1 aromatic carbocycles. The van der Waals surface area contributed by atoms with E-state index in [2.05, 4.69) is 6.92 Å². The number of rotatable bonds is 8. The molecule has 0 unspecified atom stereocenters. The summed E-state index contributed by atoms with van der Waals surface area (Å²) in [4.78, 5) is 18.4. The second-order valence-electron chi connectivity index (χ2n) is 5.57. The second-order valence-corrected chi connectivity index (χ2v) is 5.57. The van der Waals surface area contributed by atoms with E-state index in [-0.39, 0.29) is 5.78 Å². The number of carbonyl (C=O) groups is 1. The van der Waals surface area contributed by atoms with Gasteiger partial charge < -0.3 is 4.74 Å². The maximum absolute atomic E-state index is 12.3. The fourth-order valence-electron chi connectivity index (χ4n) is 2.57. The van der Waals surface area contributed by atoms with Crippen molar-refractivity contribution in [1.82, 2.24) is 0 Å². The molecule has 0 amide bonds. The molecule has 0 radical (unpaired) electrons. The van der Waals surface area contributed by atoms with Crippen molar-refractivity contribution in [2.45, 2.75) is 26.2 Å². The minimum Gasteiger partial charge on any atom is -0.370 e. The van der Waals surface area contributed by atoms with Gasteiger partial charge in [-0.3, -0.25) is 4.79 Å².